The molecule has 1 aromatic rings. The van der Waals surface area contributed by atoms with E-state index in [-0.39, 0.29) is 11.7 Å². The fraction of sp³-hybridized carbons (Fsp3) is 0.692. The normalized spacial score (nSPS) is 29.9. The third-order valence-corrected chi connectivity index (χ3v) is 4.83. The van der Waals surface area contributed by atoms with Gasteiger partial charge in [0.05, 0.1) is 11.7 Å². The number of aliphatic hydroxyl groups is 1. The number of aliphatic hydroxyl groups excluding tert-OH is 1. The minimum absolute atomic E-state index is 0.139. The largest absolute Gasteiger partial charge is 0.388 e. The first-order chi connectivity index (χ1) is 7.79. The Labute approximate surface area is 100 Å². The Balaban J connectivity index is 1.70. The fourth-order valence-corrected chi connectivity index (χ4v) is 3.66. The van der Waals surface area contributed by atoms with Crippen molar-refractivity contribution in [2.24, 2.45) is 5.92 Å². The van der Waals surface area contributed by atoms with Crippen molar-refractivity contribution in [3.8, 4) is 0 Å². The second-order valence-electron chi connectivity index (χ2n) is 5.14. The van der Waals surface area contributed by atoms with Gasteiger partial charge in [-0.2, -0.15) is 11.3 Å². The SMILES string of the molecule is OC(c1ccsc1)C1CCOC2(CCC2)C1. The van der Waals surface area contributed by atoms with E-state index in [1.54, 1.807) is 11.3 Å². The van der Waals surface area contributed by atoms with Crippen LogP contribution in [0.4, 0.5) is 0 Å². The molecule has 0 aromatic carbocycles. The molecule has 1 aliphatic heterocycles. The summed E-state index contributed by atoms with van der Waals surface area (Å²) >= 11 is 1.66. The Kier molecular flexibility index (Phi) is 2.78. The standard InChI is InChI=1S/C13H18O2S/c14-12(11-3-7-16-9-11)10-2-6-15-13(8-10)4-1-5-13/h3,7,9-10,12,14H,1-2,4-6,8H2. The second kappa shape index (κ2) is 4.13. The highest BCUT2D eigenvalue weighted by atomic mass is 32.1. The van der Waals surface area contributed by atoms with Crippen molar-refractivity contribution in [3.63, 3.8) is 0 Å². The fourth-order valence-electron chi connectivity index (χ4n) is 2.97. The van der Waals surface area contributed by atoms with Crippen LogP contribution in [-0.2, 0) is 4.74 Å². The summed E-state index contributed by atoms with van der Waals surface area (Å²) in [6.07, 6.45) is 5.44. The molecule has 88 valence electrons. The Morgan fingerprint density at radius 3 is 3.00 bits per heavy atom. The molecule has 1 aromatic heterocycles. The summed E-state index contributed by atoms with van der Waals surface area (Å²) in [4.78, 5) is 0. The van der Waals surface area contributed by atoms with E-state index in [1.807, 2.05) is 11.4 Å². The summed E-state index contributed by atoms with van der Waals surface area (Å²) in [5.41, 5.74) is 1.23. The predicted octanol–water partition coefficient (Wildman–Crippen LogP) is 3.13. The molecule has 0 bridgehead atoms. The van der Waals surface area contributed by atoms with E-state index < -0.39 is 0 Å². The highest BCUT2D eigenvalue weighted by Crippen LogP contribution is 2.47. The molecule has 2 nitrogen and oxygen atoms in total. The lowest BCUT2D eigenvalue weighted by atomic mass is 9.70. The maximum absolute atomic E-state index is 10.3. The first-order valence-electron chi connectivity index (χ1n) is 6.13. The highest BCUT2D eigenvalue weighted by molar-refractivity contribution is 7.07. The average molecular weight is 238 g/mol. The van der Waals surface area contributed by atoms with Gasteiger partial charge in [-0.25, -0.2) is 0 Å². The molecule has 1 N–H and O–H groups in total. The molecular formula is C13H18O2S. The van der Waals surface area contributed by atoms with Crippen LogP contribution in [0.15, 0.2) is 16.8 Å². The van der Waals surface area contributed by atoms with Gasteiger partial charge in [-0.05, 0) is 60.4 Å². The van der Waals surface area contributed by atoms with Crippen LogP contribution in [0.3, 0.4) is 0 Å². The summed E-state index contributed by atoms with van der Waals surface area (Å²) in [5.74, 6) is 0.392. The van der Waals surface area contributed by atoms with Crippen molar-refractivity contribution < 1.29 is 9.84 Å². The first kappa shape index (κ1) is 10.8. The van der Waals surface area contributed by atoms with E-state index in [1.165, 1.54) is 19.3 Å². The van der Waals surface area contributed by atoms with Crippen LogP contribution >= 0.6 is 11.3 Å². The van der Waals surface area contributed by atoms with Gasteiger partial charge in [-0.15, -0.1) is 0 Å². The Hall–Kier alpha value is -0.380. The van der Waals surface area contributed by atoms with Gasteiger partial charge in [0, 0.05) is 6.61 Å². The number of rotatable bonds is 2. The molecule has 1 aliphatic carbocycles. The number of hydrogen-bond acceptors (Lipinski definition) is 3. The summed E-state index contributed by atoms with van der Waals surface area (Å²) in [5, 5.41) is 14.4. The molecule has 2 atom stereocenters. The Morgan fingerprint density at radius 1 is 1.50 bits per heavy atom. The summed E-state index contributed by atoms with van der Waals surface area (Å²) in [7, 11) is 0. The van der Waals surface area contributed by atoms with Crippen molar-refractivity contribution in [1.82, 2.24) is 0 Å². The van der Waals surface area contributed by atoms with Gasteiger partial charge in [-0.3, -0.25) is 0 Å². The van der Waals surface area contributed by atoms with Gasteiger partial charge in [0.1, 0.15) is 0 Å². The molecule has 0 amide bonds. The van der Waals surface area contributed by atoms with Crippen LogP contribution < -0.4 is 0 Å². The van der Waals surface area contributed by atoms with Crippen LogP contribution in [0.1, 0.15) is 43.8 Å². The quantitative estimate of drug-likeness (QED) is 0.857. The lowest BCUT2D eigenvalue weighted by Crippen LogP contribution is -2.46. The van der Waals surface area contributed by atoms with Gasteiger partial charge in [0.15, 0.2) is 0 Å². The van der Waals surface area contributed by atoms with E-state index in [0.717, 1.165) is 25.0 Å². The third kappa shape index (κ3) is 1.81. The van der Waals surface area contributed by atoms with Crippen molar-refractivity contribution in [2.45, 2.75) is 43.8 Å². The van der Waals surface area contributed by atoms with E-state index in [2.05, 4.69) is 5.38 Å². The van der Waals surface area contributed by atoms with Gasteiger partial charge < -0.3 is 9.84 Å². The molecule has 2 unspecified atom stereocenters. The maximum Gasteiger partial charge on any atom is 0.0828 e. The summed E-state index contributed by atoms with van der Waals surface area (Å²) in [6, 6.07) is 2.04. The van der Waals surface area contributed by atoms with E-state index in [4.69, 9.17) is 4.74 Å². The maximum atomic E-state index is 10.3. The minimum Gasteiger partial charge on any atom is -0.388 e. The molecule has 2 aliphatic rings. The number of thiophene rings is 1. The van der Waals surface area contributed by atoms with E-state index in [9.17, 15) is 5.11 Å². The number of hydrogen-bond donors (Lipinski definition) is 1. The highest BCUT2D eigenvalue weighted by Gasteiger charge is 2.44. The molecule has 3 rings (SSSR count). The van der Waals surface area contributed by atoms with Crippen LogP contribution in [0.5, 0.6) is 0 Å². The number of ether oxygens (including phenoxy) is 1. The Morgan fingerprint density at radius 2 is 2.38 bits per heavy atom. The van der Waals surface area contributed by atoms with Gasteiger partial charge in [-0.1, -0.05) is 0 Å². The minimum atomic E-state index is -0.285. The smallest absolute Gasteiger partial charge is 0.0828 e. The zero-order chi connectivity index (χ0) is 11.0. The molecule has 2 fully saturated rings. The van der Waals surface area contributed by atoms with Crippen LogP contribution in [-0.4, -0.2) is 17.3 Å². The van der Waals surface area contributed by atoms with Crippen molar-refractivity contribution in [1.29, 1.82) is 0 Å². The monoisotopic (exact) mass is 238 g/mol. The van der Waals surface area contributed by atoms with Gasteiger partial charge >= 0.3 is 0 Å². The first-order valence-corrected chi connectivity index (χ1v) is 7.08. The van der Waals surface area contributed by atoms with E-state index in [0.29, 0.717) is 5.92 Å². The molecule has 1 spiro atoms. The zero-order valence-corrected chi connectivity index (χ0v) is 10.2. The van der Waals surface area contributed by atoms with Crippen LogP contribution in [0.2, 0.25) is 0 Å². The van der Waals surface area contributed by atoms with Crippen molar-refractivity contribution in [2.75, 3.05) is 6.61 Å². The van der Waals surface area contributed by atoms with Gasteiger partial charge in [0.25, 0.3) is 0 Å². The van der Waals surface area contributed by atoms with Crippen LogP contribution in [0.25, 0.3) is 0 Å². The van der Waals surface area contributed by atoms with Crippen molar-refractivity contribution >= 4 is 11.3 Å². The second-order valence-corrected chi connectivity index (χ2v) is 5.92. The summed E-state index contributed by atoms with van der Waals surface area (Å²) < 4.78 is 5.89. The Bertz CT molecular complexity index is 343. The molecule has 0 radical (unpaired) electrons. The molecule has 1 saturated carbocycles. The van der Waals surface area contributed by atoms with E-state index >= 15 is 0 Å². The molecule has 3 heteroatoms. The summed E-state index contributed by atoms with van der Waals surface area (Å²) in [6.45, 7) is 0.825. The molecular weight excluding hydrogens is 220 g/mol. The predicted molar refractivity (Wildman–Crippen MR) is 64.5 cm³/mol. The van der Waals surface area contributed by atoms with Crippen LogP contribution in [0, 0.1) is 5.92 Å². The molecule has 2 heterocycles. The van der Waals surface area contributed by atoms with Gasteiger partial charge in [0.2, 0.25) is 0 Å². The zero-order valence-electron chi connectivity index (χ0n) is 9.39. The molecule has 16 heavy (non-hydrogen) atoms. The lowest BCUT2D eigenvalue weighted by molar-refractivity contribution is -0.157. The lowest BCUT2D eigenvalue weighted by Gasteiger charge is -2.48. The van der Waals surface area contributed by atoms with Crippen molar-refractivity contribution in [3.05, 3.63) is 22.4 Å². The average Bonchev–Trinajstić information content (AvgIpc) is 2.79. The third-order valence-electron chi connectivity index (χ3n) is 4.13. The molecule has 1 saturated heterocycles. The topological polar surface area (TPSA) is 29.5 Å².